The van der Waals surface area contributed by atoms with Crippen LogP contribution in [-0.2, 0) is 6.54 Å². The lowest BCUT2D eigenvalue weighted by molar-refractivity contribution is 0.335. The molecule has 0 aliphatic heterocycles. The molecule has 2 nitrogen and oxygen atoms in total. The van der Waals surface area contributed by atoms with Crippen molar-refractivity contribution >= 4 is 15.9 Å². The lowest BCUT2D eigenvalue weighted by atomic mass is 9.93. The van der Waals surface area contributed by atoms with Crippen molar-refractivity contribution in [1.82, 2.24) is 10.3 Å². The molecule has 0 unspecified atom stereocenters. The third-order valence-corrected chi connectivity index (χ3v) is 4.43. The van der Waals surface area contributed by atoms with Crippen LogP contribution in [0.2, 0.25) is 0 Å². The Kier molecular flexibility index (Phi) is 5.64. The molecule has 1 aromatic heterocycles. The van der Waals surface area contributed by atoms with Crippen LogP contribution < -0.4 is 5.32 Å². The van der Waals surface area contributed by atoms with E-state index in [0.29, 0.717) is 6.04 Å². The molecule has 0 spiro atoms. The number of hydrogen-bond acceptors (Lipinski definition) is 2. The van der Waals surface area contributed by atoms with Gasteiger partial charge in [-0.15, -0.1) is 0 Å². The zero-order valence-electron chi connectivity index (χ0n) is 11.2. The molecule has 100 valence electrons. The van der Waals surface area contributed by atoms with Gasteiger partial charge in [0.15, 0.2) is 0 Å². The predicted octanol–water partition coefficient (Wildman–Crippen LogP) is 4.29. The van der Waals surface area contributed by atoms with Crippen LogP contribution in [0.1, 0.15) is 51.1 Å². The lowest BCUT2D eigenvalue weighted by Gasteiger charge is -2.23. The Hall–Kier alpha value is -0.410. The molecule has 0 radical (unpaired) electrons. The second kappa shape index (κ2) is 7.25. The van der Waals surface area contributed by atoms with Gasteiger partial charge in [0, 0.05) is 12.6 Å². The van der Waals surface area contributed by atoms with Crippen LogP contribution in [0.4, 0.5) is 0 Å². The summed E-state index contributed by atoms with van der Waals surface area (Å²) in [6.45, 7) is 3.20. The van der Waals surface area contributed by atoms with Crippen LogP contribution in [0, 0.1) is 5.92 Å². The summed E-state index contributed by atoms with van der Waals surface area (Å²) in [5, 5.41) is 3.64. The van der Waals surface area contributed by atoms with Crippen molar-refractivity contribution in [2.24, 2.45) is 5.92 Å². The van der Waals surface area contributed by atoms with Crippen LogP contribution in [0.15, 0.2) is 22.8 Å². The van der Waals surface area contributed by atoms with Gasteiger partial charge in [-0.25, -0.2) is 4.98 Å². The first kappa shape index (κ1) is 14.0. The molecule has 0 aromatic carbocycles. The third-order valence-electron chi connectivity index (χ3n) is 3.98. The van der Waals surface area contributed by atoms with Crippen molar-refractivity contribution in [1.29, 1.82) is 0 Å². The summed E-state index contributed by atoms with van der Waals surface area (Å²) in [6.07, 6.45) is 8.45. The molecule has 18 heavy (non-hydrogen) atoms. The fourth-order valence-electron chi connectivity index (χ4n) is 2.79. The quantitative estimate of drug-likeness (QED) is 0.663. The first-order chi connectivity index (χ1) is 8.75. The van der Waals surface area contributed by atoms with E-state index in [-0.39, 0.29) is 0 Å². The molecule has 3 heteroatoms. The van der Waals surface area contributed by atoms with Crippen LogP contribution in [-0.4, -0.2) is 11.0 Å². The number of nitrogens with one attached hydrogen (secondary N) is 1. The largest absolute Gasteiger partial charge is 0.308 e. The molecule has 1 saturated carbocycles. The van der Waals surface area contributed by atoms with Crippen LogP contribution in [0.25, 0.3) is 0 Å². The summed E-state index contributed by atoms with van der Waals surface area (Å²) in [4.78, 5) is 4.46. The zero-order valence-corrected chi connectivity index (χ0v) is 12.7. The van der Waals surface area contributed by atoms with Crippen molar-refractivity contribution in [2.45, 2.75) is 58.0 Å². The maximum Gasteiger partial charge on any atom is 0.106 e. The lowest BCUT2D eigenvalue weighted by Crippen LogP contribution is -2.33. The summed E-state index contributed by atoms with van der Waals surface area (Å²) < 4.78 is 0.920. The normalized spacial score (nSPS) is 19.4. The number of hydrogen-bond donors (Lipinski definition) is 1. The first-order valence-electron chi connectivity index (χ1n) is 7.10. The van der Waals surface area contributed by atoms with E-state index in [1.165, 1.54) is 38.5 Å². The molecule has 1 N–H and O–H groups in total. The highest BCUT2D eigenvalue weighted by atomic mass is 79.9. The Morgan fingerprint density at radius 2 is 2.00 bits per heavy atom. The highest BCUT2D eigenvalue weighted by molar-refractivity contribution is 9.10. The van der Waals surface area contributed by atoms with Gasteiger partial charge >= 0.3 is 0 Å². The minimum Gasteiger partial charge on any atom is -0.308 e. The van der Waals surface area contributed by atoms with Gasteiger partial charge in [0.1, 0.15) is 4.60 Å². The van der Waals surface area contributed by atoms with Gasteiger partial charge in [0.25, 0.3) is 0 Å². The minimum atomic E-state index is 0.601. The summed E-state index contributed by atoms with van der Waals surface area (Å²) in [5.41, 5.74) is 1.12. The average molecular weight is 311 g/mol. The van der Waals surface area contributed by atoms with E-state index >= 15 is 0 Å². The van der Waals surface area contributed by atoms with E-state index in [1.54, 1.807) is 0 Å². The highest BCUT2D eigenvalue weighted by Crippen LogP contribution is 2.25. The SMILES string of the molecule is C[C@H](NCc1cccc(Br)n1)C1CCCCCC1. The molecule has 0 amide bonds. The summed E-state index contributed by atoms with van der Waals surface area (Å²) in [5.74, 6) is 0.847. The van der Waals surface area contributed by atoms with Crippen LogP contribution in [0.3, 0.4) is 0 Å². The fraction of sp³-hybridized carbons (Fsp3) is 0.667. The summed E-state index contributed by atoms with van der Waals surface area (Å²) >= 11 is 3.42. The topological polar surface area (TPSA) is 24.9 Å². The number of rotatable bonds is 4. The van der Waals surface area contributed by atoms with Gasteiger partial charge in [-0.2, -0.15) is 0 Å². The molecule has 1 aromatic rings. The van der Waals surface area contributed by atoms with Crippen molar-refractivity contribution in [3.63, 3.8) is 0 Å². The predicted molar refractivity (Wildman–Crippen MR) is 79.4 cm³/mol. The average Bonchev–Trinajstić information content (AvgIpc) is 2.65. The monoisotopic (exact) mass is 310 g/mol. The molecule has 0 bridgehead atoms. The van der Waals surface area contributed by atoms with Crippen LogP contribution in [0.5, 0.6) is 0 Å². The van der Waals surface area contributed by atoms with Gasteiger partial charge in [-0.1, -0.05) is 31.7 Å². The van der Waals surface area contributed by atoms with Gasteiger partial charge in [0.2, 0.25) is 0 Å². The van der Waals surface area contributed by atoms with Crippen molar-refractivity contribution in [2.75, 3.05) is 0 Å². The third kappa shape index (κ3) is 4.36. The Morgan fingerprint density at radius 1 is 1.28 bits per heavy atom. The Bertz CT molecular complexity index is 359. The molecule has 1 aliphatic rings. The molecule has 0 saturated heterocycles. The van der Waals surface area contributed by atoms with Crippen molar-refractivity contribution in [3.8, 4) is 0 Å². The number of halogens is 1. The highest BCUT2D eigenvalue weighted by Gasteiger charge is 2.18. The molecule has 1 heterocycles. The fourth-order valence-corrected chi connectivity index (χ4v) is 3.17. The maximum atomic E-state index is 4.46. The maximum absolute atomic E-state index is 4.46. The van der Waals surface area contributed by atoms with E-state index in [1.807, 2.05) is 12.1 Å². The molecular weight excluding hydrogens is 288 g/mol. The second-order valence-electron chi connectivity index (χ2n) is 5.37. The van der Waals surface area contributed by atoms with Crippen LogP contribution >= 0.6 is 15.9 Å². The van der Waals surface area contributed by atoms with E-state index in [4.69, 9.17) is 0 Å². The number of nitrogens with zero attached hydrogens (tertiary/aromatic N) is 1. The second-order valence-corrected chi connectivity index (χ2v) is 6.19. The Balaban J connectivity index is 1.81. The minimum absolute atomic E-state index is 0.601. The van der Waals surface area contributed by atoms with E-state index in [0.717, 1.165) is 22.8 Å². The van der Waals surface area contributed by atoms with Gasteiger partial charge in [-0.05, 0) is 53.7 Å². The van der Waals surface area contributed by atoms with Gasteiger partial charge in [0.05, 0.1) is 5.69 Å². The molecular formula is C15H23BrN2. The van der Waals surface area contributed by atoms with Gasteiger partial charge in [-0.3, -0.25) is 0 Å². The summed E-state index contributed by atoms with van der Waals surface area (Å²) in [6, 6.07) is 6.70. The van der Waals surface area contributed by atoms with E-state index in [9.17, 15) is 0 Å². The smallest absolute Gasteiger partial charge is 0.106 e. The number of aromatic nitrogens is 1. The molecule has 2 rings (SSSR count). The van der Waals surface area contributed by atoms with E-state index < -0.39 is 0 Å². The zero-order chi connectivity index (χ0) is 12.8. The molecule has 1 atom stereocenters. The Labute approximate surface area is 119 Å². The standard InChI is InChI=1S/C15H23BrN2/c1-12(13-7-4-2-3-5-8-13)17-11-14-9-6-10-15(16)18-14/h6,9-10,12-13,17H,2-5,7-8,11H2,1H3/t12-/m0/s1. The van der Waals surface area contributed by atoms with Gasteiger partial charge < -0.3 is 5.32 Å². The van der Waals surface area contributed by atoms with E-state index in [2.05, 4.69) is 39.2 Å². The number of pyridine rings is 1. The molecule has 1 aliphatic carbocycles. The first-order valence-corrected chi connectivity index (χ1v) is 7.90. The summed E-state index contributed by atoms with van der Waals surface area (Å²) in [7, 11) is 0. The Morgan fingerprint density at radius 3 is 2.67 bits per heavy atom. The van der Waals surface area contributed by atoms with Crippen molar-refractivity contribution < 1.29 is 0 Å². The molecule has 1 fully saturated rings. The van der Waals surface area contributed by atoms with Crippen molar-refractivity contribution in [3.05, 3.63) is 28.5 Å².